The van der Waals surface area contributed by atoms with Crippen molar-refractivity contribution in [2.45, 2.75) is 44.7 Å². The van der Waals surface area contributed by atoms with Gasteiger partial charge in [-0.05, 0) is 61.9 Å². The van der Waals surface area contributed by atoms with Crippen LogP contribution in [0.25, 0.3) is 28.0 Å². The average molecular weight is 578 g/mol. The number of alkyl halides is 2. The molecule has 0 bridgehead atoms. The molecule has 210 valence electrons. The number of imidazole rings is 1. The molecule has 5 aromatic rings. The van der Waals surface area contributed by atoms with Crippen LogP contribution in [0.3, 0.4) is 0 Å². The maximum Gasteiger partial charge on any atom is 0.333 e. The largest absolute Gasteiger partial charge is 0.349 e. The highest BCUT2D eigenvalue weighted by atomic mass is 35.5. The monoisotopic (exact) mass is 577 g/mol. The number of para-hydroxylation sites is 2. The van der Waals surface area contributed by atoms with Crippen molar-refractivity contribution in [3.8, 4) is 16.9 Å². The molecule has 1 fully saturated rings. The average Bonchev–Trinajstić information content (AvgIpc) is 3.61. The zero-order valence-corrected chi connectivity index (χ0v) is 22.6. The highest BCUT2D eigenvalue weighted by Gasteiger charge is 2.27. The van der Waals surface area contributed by atoms with Gasteiger partial charge in [-0.25, -0.2) is 13.6 Å². The van der Waals surface area contributed by atoms with Gasteiger partial charge >= 0.3 is 5.69 Å². The molecule has 4 heterocycles. The van der Waals surface area contributed by atoms with Gasteiger partial charge in [0.2, 0.25) is 0 Å². The Bertz CT molecular complexity index is 1760. The van der Waals surface area contributed by atoms with Crippen molar-refractivity contribution >= 4 is 28.5 Å². The van der Waals surface area contributed by atoms with E-state index in [1.165, 1.54) is 6.07 Å². The second kappa shape index (κ2) is 11.2. The molecule has 0 unspecified atom stereocenters. The van der Waals surface area contributed by atoms with E-state index in [4.69, 9.17) is 11.6 Å². The number of pyridine rings is 2. The fraction of sp³-hybridized carbons (Fsp3) is 0.276. The van der Waals surface area contributed by atoms with Crippen molar-refractivity contribution in [2.75, 3.05) is 0 Å². The molecule has 0 spiro atoms. The lowest BCUT2D eigenvalue weighted by molar-refractivity contribution is 0.0904. The number of carbonyl (C=O) groups is 1. The summed E-state index contributed by atoms with van der Waals surface area (Å²) in [4.78, 5) is 34.6. The molecule has 4 aromatic heterocycles. The van der Waals surface area contributed by atoms with E-state index >= 15 is 0 Å². The summed E-state index contributed by atoms with van der Waals surface area (Å²) < 4.78 is 30.3. The van der Waals surface area contributed by atoms with Gasteiger partial charge in [-0.1, -0.05) is 23.7 Å². The highest BCUT2D eigenvalue weighted by molar-refractivity contribution is 6.30. The van der Waals surface area contributed by atoms with Crippen LogP contribution in [-0.4, -0.2) is 41.2 Å². The fourth-order valence-electron chi connectivity index (χ4n) is 5.56. The van der Waals surface area contributed by atoms with Gasteiger partial charge in [-0.3, -0.25) is 29.0 Å². The highest BCUT2D eigenvalue weighted by Crippen LogP contribution is 2.29. The maximum atomic E-state index is 13.8. The molecule has 1 aliphatic rings. The molecule has 9 nitrogen and oxygen atoms in total. The second-order valence-electron chi connectivity index (χ2n) is 10.2. The number of aromatic nitrogens is 6. The first-order valence-corrected chi connectivity index (χ1v) is 13.7. The number of nitrogens with zero attached hydrogens (tertiary/aromatic N) is 5. The lowest BCUT2D eigenvalue weighted by Crippen LogP contribution is -2.39. The molecule has 1 aromatic carbocycles. The molecule has 2 N–H and O–H groups in total. The van der Waals surface area contributed by atoms with E-state index in [9.17, 15) is 18.4 Å². The Morgan fingerprint density at radius 1 is 1.07 bits per heavy atom. The van der Waals surface area contributed by atoms with Crippen LogP contribution in [0.4, 0.5) is 8.78 Å². The Morgan fingerprint density at radius 2 is 1.85 bits per heavy atom. The van der Waals surface area contributed by atoms with Gasteiger partial charge in [0.15, 0.2) is 0 Å². The molecule has 0 atom stereocenters. The van der Waals surface area contributed by atoms with Gasteiger partial charge < -0.3 is 5.32 Å². The topological polar surface area (TPSA) is 110 Å². The minimum atomic E-state index is -2.88. The number of benzene rings is 1. The quantitative estimate of drug-likeness (QED) is 0.263. The summed E-state index contributed by atoms with van der Waals surface area (Å²) in [5, 5.41) is 9.77. The van der Waals surface area contributed by atoms with E-state index in [1.54, 1.807) is 23.2 Å². The molecule has 1 saturated carbocycles. The molecular formula is C29H26ClF2N7O2. The summed E-state index contributed by atoms with van der Waals surface area (Å²) >= 11 is 5.91. The number of H-pyrrole nitrogens is 1. The number of rotatable bonds is 7. The summed E-state index contributed by atoms with van der Waals surface area (Å²) in [6.45, 7) is 0.528. The van der Waals surface area contributed by atoms with Crippen LogP contribution >= 0.6 is 11.6 Å². The van der Waals surface area contributed by atoms with Crippen molar-refractivity contribution in [1.82, 2.24) is 34.6 Å². The van der Waals surface area contributed by atoms with E-state index in [-0.39, 0.29) is 28.2 Å². The van der Waals surface area contributed by atoms with Crippen molar-refractivity contribution in [2.24, 2.45) is 5.92 Å². The molecule has 0 radical (unpaired) electrons. The Labute approximate surface area is 238 Å². The number of aromatic amines is 1. The number of amides is 1. The molecule has 0 aliphatic heterocycles. The first-order valence-electron chi connectivity index (χ1n) is 13.3. The number of hydrogen-bond acceptors (Lipinski definition) is 5. The maximum absolute atomic E-state index is 13.8. The molecule has 12 heteroatoms. The third kappa shape index (κ3) is 5.37. The number of fused-ring (bicyclic) bond motifs is 1. The van der Waals surface area contributed by atoms with Crippen molar-refractivity contribution in [3.05, 3.63) is 94.0 Å². The molecule has 1 aliphatic carbocycles. The minimum Gasteiger partial charge on any atom is -0.349 e. The predicted molar refractivity (Wildman–Crippen MR) is 150 cm³/mol. The van der Waals surface area contributed by atoms with E-state index in [2.05, 4.69) is 25.5 Å². The third-order valence-corrected chi connectivity index (χ3v) is 7.80. The number of nitrogens with one attached hydrogen (secondary N) is 2. The van der Waals surface area contributed by atoms with Gasteiger partial charge in [0.25, 0.3) is 12.3 Å². The molecule has 6 rings (SSSR count). The Balaban J connectivity index is 1.19. The van der Waals surface area contributed by atoms with E-state index in [0.717, 1.165) is 35.6 Å². The van der Waals surface area contributed by atoms with Gasteiger partial charge in [0.05, 0.1) is 39.2 Å². The van der Waals surface area contributed by atoms with Crippen LogP contribution in [0, 0.1) is 5.92 Å². The minimum absolute atomic E-state index is 0.123. The van der Waals surface area contributed by atoms with Crippen LogP contribution in [0.1, 0.15) is 48.2 Å². The molecule has 41 heavy (non-hydrogen) atoms. The van der Waals surface area contributed by atoms with Crippen LogP contribution in [0.15, 0.2) is 72.0 Å². The molecule has 1 amide bonds. The van der Waals surface area contributed by atoms with Crippen LogP contribution < -0.4 is 11.0 Å². The number of hydrogen-bond donors (Lipinski definition) is 2. The Hall–Kier alpha value is -4.38. The summed E-state index contributed by atoms with van der Waals surface area (Å²) in [5.41, 5.74) is 2.94. The lowest BCUT2D eigenvalue weighted by Gasteiger charge is -2.29. The summed E-state index contributed by atoms with van der Waals surface area (Å²) in [6.07, 6.45) is 6.21. The van der Waals surface area contributed by atoms with Gasteiger partial charge in [0, 0.05) is 36.7 Å². The van der Waals surface area contributed by atoms with Gasteiger partial charge in [0.1, 0.15) is 5.69 Å². The van der Waals surface area contributed by atoms with E-state index in [1.807, 2.05) is 41.0 Å². The van der Waals surface area contributed by atoms with Crippen molar-refractivity contribution < 1.29 is 13.6 Å². The van der Waals surface area contributed by atoms with E-state index < -0.39 is 18.0 Å². The smallest absolute Gasteiger partial charge is 0.333 e. The second-order valence-corrected chi connectivity index (χ2v) is 10.6. The normalized spacial score (nSPS) is 17.3. The fourth-order valence-corrected chi connectivity index (χ4v) is 5.72. The van der Waals surface area contributed by atoms with Gasteiger partial charge in [-0.15, -0.1) is 0 Å². The number of halogens is 3. The molecular weight excluding hydrogens is 552 g/mol. The summed E-state index contributed by atoms with van der Waals surface area (Å²) in [7, 11) is 0. The lowest BCUT2D eigenvalue weighted by atomic mass is 9.85. The third-order valence-electron chi connectivity index (χ3n) is 7.59. The zero-order chi connectivity index (χ0) is 28.5. The van der Waals surface area contributed by atoms with Crippen molar-refractivity contribution in [3.63, 3.8) is 0 Å². The van der Waals surface area contributed by atoms with E-state index in [0.29, 0.717) is 30.8 Å². The van der Waals surface area contributed by atoms with Crippen LogP contribution in [0.5, 0.6) is 0 Å². The van der Waals surface area contributed by atoms with Crippen molar-refractivity contribution in [1.29, 1.82) is 0 Å². The molecule has 0 saturated heterocycles. The van der Waals surface area contributed by atoms with Gasteiger partial charge in [-0.2, -0.15) is 5.10 Å². The Morgan fingerprint density at radius 3 is 2.59 bits per heavy atom. The van der Waals surface area contributed by atoms with Crippen LogP contribution in [0.2, 0.25) is 5.02 Å². The predicted octanol–water partition coefficient (Wildman–Crippen LogP) is 5.55. The Kier molecular flexibility index (Phi) is 7.36. The standard InChI is InChI=1S/C29H26ClF2N7O2/c30-19-11-22(26(27(31)32)34-15-19)28(40)37-20-7-5-17(6-8-20)16-38-24-3-1-2-4-25(24)39(29(38)41)21-9-10-33-23(12-21)18-13-35-36-14-18/h1-4,9-15,17,20,27H,5-8,16H2,(H,35,36)(H,37,40). The number of carbonyl (C=O) groups excluding carboxylic acids is 1. The SMILES string of the molecule is O=C(NC1CCC(Cn2c(=O)n(-c3ccnc(-c4cn[nH]c4)c3)c3ccccc32)CC1)c1cc(Cl)cnc1C(F)F. The first kappa shape index (κ1) is 26.8. The summed E-state index contributed by atoms with van der Waals surface area (Å²) in [6, 6.07) is 12.4. The first-order chi connectivity index (χ1) is 19.9. The summed E-state index contributed by atoms with van der Waals surface area (Å²) in [5.74, 6) is -0.395. The zero-order valence-electron chi connectivity index (χ0n) is 21.8. The van der Waals surface area contributed by atoms with Crippen LogP contribution in [-0.2, 0) is 6.54 Å².